The minimum absolute atomic E-state index is 0.00358. The van der Waals surface area contributed by atoms with Gasteiger partial charge in [-0.25, -0.2) is 22.8 Å². The number of hydrogen-bond acceptors (Lipinski definition) is 9. The summed E-state index contributed by atoms with van der Waals surface area (Å²) in [5, 5.41) is 3.58. The Morgan fingerprint density at radius 3 is 2.65 bits per heavy atom. The number of benzene rings is 1. The smallest absolute Gasteiger partial charge is 0.251 e. The van der Waals surface area contributed by atoms with Gasteiger partial charge in [-0.15, -0.1) is 0 Å². The lowest BCUT2D eigenvalue weighted by atomic mass is 10.1. The minimum Gasteiger partial charge on any atom is -0.491 e. The van der Waals surface area contributed by atoms with E-state index in [1.807, 2.05) is 30.3 Å². The highest BCUT2D eigenvalue weighted by molar-refractivity contribution is 9.10. The number of rotatable bonds is 5. The molecule has 10 nitrogen and oxygen atoms in total. The number of hydrogen-bond donors (Lipinski definition) is 1. The van der Waals surface area contributed by atoms with Gasteiger partial charge in [0.05, 0.1) is 52.4 Å². The fraction of sp³-hybridized carbons (Fsp3) is 0.333. The second-order valence-electron chi connectivity index (χ2n) is 10.7. The number of fused-ring (bicyclic) bond motifs is 2. The van der Waals surface area contributed by atoms with Crippen molar-refractivity contribution in [1.29, 1.82) is 0 Å². The Balaban J connectivity index is 1.21. The Hall–Kier alpha value is -3.68. The number of carbonyl (C=O) groups is 1. The first kappa shape index (κ1) is 29.4. The summed E-state index contributed by atoms with van der Waals surface area (Å²) in [4.78, 5) is 29.0. The zero-order valence-corrected chi connectivity index (χ0v) is 25.9. The summed E-state index contributed by atoms with van der Waals surface area (Å²) in [6.07, 6.45) is 1.62. The molecule has 2 aliphatic heterocycles. The Labute approximate surface area is 256 Å². The Morgan fingerprint density at radius 2 is 1.86 bits per heavy atom. The molecule has 43 heavy (non-hydrogen) atoms. The number of morpholine rings is 1. The van der Waals surface area contributed by atoms with Crippen molar-refractivity contribution in [3.8, 4) is 17.1 Å². The van der Waals surface area contributed by atoms with Gasteiger partial charge in [-0.3, -0.25) is 9.78 Å². The highest BCUT2D eigenvalue weighted by Crippen LogP contribution is 2.38. The fourth-order valence-electron chi connectivity index (χ4n) is 5.27. The Kier molecular flexibility index (Phi) is 8.05. The number of amides is 1. The van der Waals surface area contributed by atoms with E-state index in [0.29, 0.717) is 16.9 Å². The van der Waals surface area contributed by atoms with Crippen LogP contribution in [0.25, 0.3) is 22.3 Å². The lowest BCUT2D eigenvalue weighted by Gasteiger charge is -2.36. The zero-order chi connectivity index (χ0) is 30.3. The quantitative estimate of drug-likeness (QED) is 0.318. The van der Waals surface area contributed by atoms with Crippen LogP contribution in [0.4, 0.5) is 10.2 Å². The van der Waals surface area contributed by atoms with Gasteiger partial charge in [0.15, 0.2) is 5.75 Å². The molecule has 5 heterocycles. The first-order valence-electron chi connectivity index (χ1n) is 13.8. The molecule has 1 saturated heterocycles. The summed E-state index contributed by atoms with van der Waals surface area (Å²) >= 11 is 3.26. The van der Waals surface area contributed by atoms with Gasteiger partial charge in [-0.05, 0) is 72.2 Å². The van der Waals surface area contributed by atoms with E-state index in [0.717, 1.165) is 36.1 Å². The van der Waals surface area contributed by atoms with E-state index in [-0.39, 0.29) is 52.5 Å². The molecule has 3 atom stereocenters. The van der Waals surface area contributed by atoms with Crippen molar-refractivity contribution in [3.63, 3.8) is 0 Å². The standard InChI is InChI=1S/C30H29BrFN5O5S/c1-17-15-37(16-18(2)42-17)28-5-3-4-23(36-28)24-7-6-19-13-33-21(12-25(19)35-24)14-34-30(38)20-10-22(31)29-26(11-20)43(39,40)27(32)8-9-41-29/h3-7,10-13,17-18,27H,8-9,14-16H2,1-2H3,(H,34,38)/t17-,18+,27-/m1/s1. The average Bonchev–Trinajstić information content (AvgIpc) is 3.10. The maximum Gasteiger partial charge on any atom is 0.251 e. The van der Waals surface area contributed by atoms with E-state index >= 15 is 0 Å². The van der Waals surface area contributed by atoms with E-state index in [1.54, 1.807) is 12.3 Å². The van der Waals surface area contributed by atoms with Crippen LogP contribution in [-0.2, 0) is 21.1 Å². The van der Waals surface area contributed by atoms with Gasteiger partial charge in [-0.2, -0.15) is 0 Å². The van der Waals surface area contributed by atoms with Crippen molar-refractivity contribution >= 4 is 48.4 Å². The van der Waals surface area contributed by atoms with E-state index in [4.69, 9.17) is 19.4 Å². The first-order chi connectivity index (χ1) is 20.6. The molecule has 224 valence electrons. The largest absolute Gasteiger partial charge is 0.491 e. The van der Waals surface area contributed by atoms with Crippen LogP contribution >= 0.6 is 15.9 Å². The highest BCUT2D eigenvalue weighted by Gasteiger charge is 2.35. The van der Waals surface area contributed by atoms with Crippen molar-refractivity contribution in [2.75, 3.05) is 24.6 Å². The third-order valence-corrected chi connectivity index (χ3v) is 9.72. The Morgan fingerprint density at radius 1 is 1.09 bits per heavy atom. The number of nitrogens with one attached hydrogen (secondary N) is 1. The number of sulfone groups is 1. The van der Waals surface area contributed by atoms with Crippen LogP contribution in [-0.4, -0.2) is 66.7 Å². The summed E-state index contributed by atoms with van der Waals surface area (Å²) in [6.45, 7) is 5.60. The maximum atomic E-state index is 14.3. The summed E-state index contributed by atoms with van der Waals surface area (Å²) in [5.74, 6) is 0.323. The third-order valence-electron chi connectivity index (χ3n) is 7.31. The Bertz CT molecular complexity index is 1810. The molecule has 0 unspecified atom stereocenters. The molecule has 6 rings (SSSR count). The molecular weight excluding hydrogens is 641 g/mol. The van der Waals surface area contributed by atoms with Crippen molar-refractivity contribution in [2.45, 2.75) is 49.4 Å². The predicted octanol–water partition coefficient (Wildman–Crippen LogP) is 4.85. The molecule has 3 aromatic heterocycles. The predicted molar refractivity (Wildman–Crippen MR) is 162 cm³/mol. The summed E-state index contributed by atoms with van der Waals surface area (Å²) < 4.78 is 51.2. The van der Waals surface area contributed by atoms with Gasteiger partial charge in [0.1, 0.15) is 10.7 Å². The number of nitrogens with zero attached hydrogens (tertiary/aromatic N) is 4. The number of aromatic nitrogens is 3. The normalized spacial score (nSPS) is 21.5. The first-order valence-corrected chi connectivity index (χ1v) is 16.2. The van der Waals surface area contributed by atoms with Crippen LogP contribution in [0.1, 0.15) is 36.3 Å². The van der Waals surface area contributed by atoms with Crippen molar-refractivity contribution in [1.82, 2.24) is 20.3 Å². The fourth-order valence-corrected chi connectivity index (χ4v) is 7.38. The van der Waals surface area contributed by atoms with E-state index < -0.39 is 21.2 Å². The van der Waals surface area contributed by atoms with Crippen molar-refractivity contribution < 1.29 is 27.1 Å². The van der Waals surface area contributed by atoms with Crippen LogP contribution < -0.4 is 15.0 Å². The minimum atomic E-state index is -4.30. The van der Waals surface area contributed by atoms with Gasteiger partial charge >= 0.3 is 0 Å². The van der Waals surface area contributed by atoms with Crippen LogP contribution in [0, 0.1) is 0 Å². The maximum absolute atomic E-state index is 14.3. The molecule has 1 fully saturated rings. The van der Waals surface area contributed by atoms with Crippen LogP contribution in [0.2, 0.25) is 0 Å². The summed E-state index contributed by atoms with van der Waals surface area (Å²) in [7, 11) is -4.30. The van der Waals surface area contributed by atoms with Crippen molar-refractivity contribution in [2.24, 2.45) is 0 Å². The molecule has 1 N–H and O–H groups in total. The third kappa shape index (κ3) is 6.06. The second kappa shape index (κ2) is 11.8. The van der Waals surface area contributed by atoms with Gasteiger partial charge < -0.3 is 19.7 Å². The second-order valence-corrected chi connectivity index (χ2v) is 13.6. The summed E-state index contributed by atoms with van der Waals surface area (Å²) in [5.41, 5.74) is 0.612. The molecule has 13 heteroatoms. The number of ether oxygens (including phenoxy) is 2. The van der Waals surface area contributed by atoms with Crippen LogP contribution in [0.15, 0.2) is 64.1 Å². The molecule has 2 aliphatic rings. The van der Waals surface area contributed by atoms with Gasteiger partial charge in [0.25, 0.3) is 5.91 Å². The summed E-state index contributed by atoms with van der Waals surface area (Å²) in [6, 6.07) is 14.1. The number of pyridine rings is 3. The SMILES string of the molecule is C[C@@H]1CN(c2cccc(-c3ccc4cnc(CNC(=O)c5cc(Br)c6c(c5)S(=O)(=O)[C@@H](F)CCO6)cc4n3)n2)C[C@H](C)O1. The monoisotopic (exact) mass is 669 g/mol. The van der Waals surface area contributed by atoms with Gasteiger partial charge in [0.2, 0.25) is 15.3 Å². The molecule has 0 bridgehead atoms. The van der Waals surface area contributed by atoms with Crippen LogP contribution in [0.5, 0.6) is 5.75 Å². The van der Waals surface area contributed by atoms with Crippen molar-refractivity contribution in [3.05, 3.63) is 70.5 Å². The highest BCUT2D eigenvalue weighted by atomic mass is 79.9. The lowest BCUT2D eigenvalue weighted by Crippen LogP contribution is -2.45. The molecule has 0 radical (unpaired) electrons. The zero-order valence-electron chi connectivity index (χ0n) is 23.5. The van der Waals surface area contributed by atoms with Gasteiger partial charge in [-0.1, -0.05) is 6.07 Å². The molecule has 4 aromatic rings. The molecule has 1 amide bonds. The number of carbonyl (C=O) groups excluding carboxylic acids is 1. The van der Waals surface area contributed by atoms with Gasteiger partial charge in [0, 0.05) is 36.7 Å². The van der Waals surface area contributed by atoms with E-state index in [1.165, 1.54) is 6.07 Å². The van der Waals surface area contributed by atoms with E-state index in [9.17, 15) is 17.6 Å². The van der Waals surface area contributed by atoms with E-state index in [2.05, 4.69) is 45.0 Å². The molecule has 0 aliphatic carbocycles. The molecule has 0 saturated carbocycles. The number of alkyl halides is 1. The number of halogens is 2. The molecule has 1 aromatic carbocycles. The lowest BCUT2D eigenvalue weighted by molar-refractivity contribution is -0.00545. The van der Waals surface area contributed by atoms with Crippen LogP contribution in [0.3, 0.4) is 0 Å². The number of anilines is 1. The molecular formula is C30H29BrFN5O5S. The average molecular weight is 671 g/mol. The topological polar surface area (TPSA) is 124 Å². The molecule has 0 spiro atoms.